The van der Waals surface area contributed by atoms with Crippen LogP contribution in [0.15, 0.2) is 48.7 Å². The minimum atomic E-state index is -3.88. The minimum absolute atomic E-state index is 0.536. The van der Waals surface area contributed by atoms with Gasteiger partial charge < -0.3 is 5.11 Å². The number of aromatic nitrogens is 2. The van der Waals surface area contributed by atoms with E-state index in [9.17, 15) is 13.6 Å². The van der Waals surface area contributed by atoms with Crippen LogP contribution in [-0.4, -0.2) is 20.9 Å². The van der Waals surface area contributed by atoms with Gasteiger partial charge in [-0.3, -0.25) is 4.68 Å². The Morgan fingerprint density at radius 2 is 1.77 bits per heavy atom. The van der Waals surface area contributed by atoms with Gasteiger partial charge in [0.05, 0.1) is 11.7 Å². The highest BCUT2D eigenvalue weighted by atomic mass is 19.3. The molecule has 0 amide bonds. The van der Waals surface area contributed by atoms with E-state index in [1.807, 2.05) is 25.2 Å². The monoisotopic (exact) mass is 302 g/mol. The van der Waals surface area contributed by atoms with Gasteiger partial charge in [0.1, 0.15) is 0 Å². The summed E-state index contributed by atoms with van der Waals surface area (Å²) in [5.74, 6) is -6.04. The summed E-state index contributed by atoms with van der Waals surface area (Å²) >= 11 is 0. The molecular weight excluding hydrogens is 290 g/mol. The number of carboxylic acid groups (broad SMARTS) is 1. The van der Waals surface area contributed by atoms with Crippen LogP contribution < -0.4 is 0 Å². The second-order valence-corrected chi connectivity index (χ2v) is 5.00. The minimum Gasteiger partial charge on any atom is -0.477 e. The van der Waals surface area contributed by atoms with E-state index in [2.05, 4.69) is 5.10 Å². The maximum absolute atomic E-state index is 13.4. The van der Waals surface area contributed by atoms with E-state index in [4.69, 9.17) is 5.11 Å². The second-order valence-electron chi connectivity index (χ2n) is 5.00. The van der Waals surface area contributed by atoms with Crippen molar-refractivity contribution in [3.05, 3.63) is 54.2 Å². The zero-order valence-corrected chi connectivity index (χ0v) is 11.6. The average Bonchev–Trinajstić information content (AvgIpc) is 2.88. The van der Waals surface area contributed by atoms with E-state index in [0.29, 0.717) is 0 Å². The molecule has 0 unspecified atom stereocenters. The number of rotatable bonds is 3. The fourth-order valence-corrected chi connectivity index (χ4v) is 2.34. The van der Waals surface area contributed by atoms with Crippen LogP contribution >= 0.6 is 0 Å². The highest BCUT2D eigenvalue weighted by molar-refractivity contribution is 5.84. The number of nitrogens with zero attached hydrogens (tertiary/aromatic N) is 2. The molecule has 0 radical (unpaired) electrons. The van der Waals surface area contributed by atoms with Crippen molar-refractivity contribution in [3.8, 4) is 11.1 Å². The molecule has 4 nitrogen and oxygen atoms in total. The van der Waals surface area contributed by atoms with Gasteiger partial charge in [-0.2, -0.15) is 13.9 Å². The van der Waals surface area contributed by atoms with Crippen molar-refractivity contribution in [1.82, 2.24) is 9.78 Å². The number of carboxylic acids is 1. The molecule has 0 aliphatic carbocycles. The van der Waals surface area contributed by atoms with Crippen LogP contribution in [0.3, 0.4) is 0 Å². The van der Waals surface area contributed by atoms with E-state index >= 15 is 0 Å². The number of benzene rings is 2. The summed E-state index contributed by atoms with van der Waals surface area (Å²) < 4.78 is 28.6. The lowest BCUT2D eigenvalue weighted by Crippen LogP contribution is -2.25. The maximum Gasteiger partial charge on any atom is 0.379 e. The van der Waals surface area contributed by atoms with Crippen LogP contribution in [0.4, 0.5) is 8.78 Å². The first-order valence-electron chi connectivity index (χ1n) is 6.53. The molecule has 0 aliphatic rings. The van der Waals surface area contributed by atoms with E-state index in [-0.39, 0.29) is 0 Å². The third kappa shape index (κ3) is 2.22. The summed E-state index contributed by atoms with van der Waals surface area (Å²) in [4.78, 5) is 10.6. The van der Waals surface area contributed by atoms with Crippen molar-refractivity contribution >= 4 is 16.9 Å². The van der Waals surface area contributed by atoms with Crippen LogP contribution in [-0.2, 0) is 17.8 Å². The fraction of sp³-hybridized carbons (Fsp3) is 0.125. The number of fused-ring (bicyclic) bond motifs is 1. The molecule has 1 N–H and O–H groups in total. The van der Waals surface area contributed by atoms with Gasteiger partial charge in [0.15, 0.2) is 0 Å². The van der Waals surface area contributed by atoms with Crippen molar-refractivity contribution in [2.75, 3.05) is 0 Å². The Balaban J connectivity index is 1.99. The highest BCUT2D eigenvalue weighted by Gasteiger charge is 2.40. The lowest BCUT2D eigenvalue weighted by molar-refractivity contribution is -0.166. The van der Waals surface area contributed by atoms with Gasteiger partial charge in [-0.1, -0.05) is 30.3 Å². The summed E-state index contributed by atoms with van der Waals surface area (Å²) in [6, 6.07) is 10.9. The van der Waals surface area contributed by atoms with Crippen LogP contribution in [0.5, 0.6) is 0 Å². The standard InChI is InChI=1S/C16H12F2N2O2/c1-20-14-7-4-11(8-12(14)9-19-20)10-2-5-13(6-3-10)16(17,18)15(21)22/h2-9H,1H3,(H,21,22). The molecule has 0 spiro atoms. The molecule has 0 saturated carbocycles. The van der Waals surface area contributed by atoms with Gasteiger partial charge in [0.2, 0.25) is 0 Å². The lowest BCUT2D eigenvalue weighted by Gasteiger charge is -2.12. The smallest absolute Gasteiger partial charge is 0.379 e. The topological polar surface area (TPSA) is 55.1 Å². The normalized spacial score (nSPS) is 11.8. The van der Waals surface area contributed by atoms with Gasteiger partial charge in [-0.15, -0.1) is 0 Å². The predicted molar refractivity (Wildman–Crippen MR) is 77.7 cm³/mol. The van der Waals surface area contributed by atoms with Crippen LogP contribution in [0.25, 0.3) is 22.0 Å². The Morgan fingerprint density at radius 1 is 1.14 bits per heavy atom. The Morgan fingerprint density at radius 3 is 2.41 bits per heavy atom. The van der Waals surface area contributed by atoms with Crippen molar-refractivity contribution < 1.29 is 18.7 Å². The second kappa shape index (κ2) is 4.91. The number of alkyl halides is 2. The van der Waals surface area contributed by atoms with Gasteiger partial charge in [-0.05, 0) is 23.3 Å². The Hall–Kier alpha value is -2.76. The Kier molecular flexibility index (Phi) is 3.16. The van der Waals surface area contributed by atoms with Crippen LogP contribution in [0.1, 0.15) is 5.56 Å². The zero-order chi connectivity index (χ0) is 15.9. The number of aryl methyl sites for hydroxylation is 1. The summed E-state index contributed by atoms with van der Waals surface area (Å²) in [5, 5.41) is 13.6. The number of hydrogen-bond acceptors (Lipinski definition) is 2. The maximum atomic E-state index is 13.4. The molecule has 0 fully saturated rings. The van der Waals surface area contributed by atoms with Crippen LogP contribution in [0.2, 0.25) is 0 Å². The Labute approximate surface area is 124 Å². The molecule has 22 heavy (non-hydrogen) atoms. The quantitative estimate of drug-likeness (QED) is 0.806. The van der Waals surface area contributed by atoms with Gasteiger partial charge in [0, 0.05) is 18.0 Å². The number of halogens is 2. The zero-order valence-electron chi connectivity index (χ0n) is 11.6. The molecule has 0 atom stereocenters. The Bertz CT molecular complexity index is 854. The summed E-state index contributed by atoms with van der Waals surface area (Å²) in [7, 11) is 1.84. The van der Waals surface area contributed by atoms with Crippen molar-refractivity contribution in [2.45, 2.75) is 5.92 Å². The number of aliphatic carboxylic acids is 1. The van der Waals surface area contributed by atoms with Gasteiger partial charge >= 0.3 is 11.9 Å². The van der Waals surface area contributed by atoms with E-state index < -0.39 is 17.5 Å². The summed E-state index contributed by atoms with van der Waals surface area (Å²) in [5.41, 5.74) is 2.02. The first-order valence-corrected chi connectivity index (χ1v) is 6.53. The fourth-order valence-electron chi connectivity index (χ4n) is 2.34. The average molecular weight is 302 g/mol. The molecule has 112 valence electrons. The van der Waals surface area contributed by atoms with E-state index in [0.717, 1.165) is 34.2 Å². The molecular formula is C16H12F2N2O2. The third-order valence-electron chi connectivity index (χ3n) is 3.60. The van der Waals surface area contributed by atoms with E-state index in [1.165, 1.54) is 12.1 Å². The summed E-state index contributed by atoms with van der Waals surface area (Å²) in [6.07, 6.45) is 1.73. The van der Waals surface area contributed by atoms with Crippen molar-refractivity contribution in [2.24, 2.45) is 7.05 Å². The molecule has 3 rings (SSSR count). The molecule has 1 heterocycles. The first kappa shape index (κ1) is 14.2. The first-order chi connectivity index (χ1) is 10.4. The number of hydrogen-bond donors (Lipinski definition) is 1. The molecule has 6 heteroatoms. The number of carbonyl (C=O) groups is 1. The third-order valence-corrected chi connectivity index (χ3v) is 3.60. The molecule has 2 aromatic carbocycles. The molecule has 1 aromatic heterocycles. The largest absolute Gasteiger partial charge is 0.477 e. The molecule has 0 saturated heterocycles. The summed E-state index contributed by atoms with van der Waals surface area (Å²) in [6.45, 7) is 0. The molecule has 0 aliphatic heterocycles. The van der Waals surface area contributed by atoms with Crippen molar-refractivity contribution in [3.63, 3.8) is 0 Å². The van der Waals surface area contributed by atoms with Crippen molar-refractivity contribution in [1.29, 1.82) is 0 Å². The van der Waals surface area contributed by atoms with Gasteiger partial charge in [-0.25, -0.2) is 4.79 Å². The molecule has 0 bridgehead atoms. The highest BCUT2D eigenvalue weighted by Crippen LogP contribution is 2.31. The lowest BCUT2D eigenvalue weighted by atomic mass is 10.0. The van der Waals surface area contributed by atoms with Crippen LogP contribution in [0, 0.1) is 0 Å². The predicted octanol–water partition coefficient (Wildman–Crippen LogP) is 3.42. The van der Waals surface area contributed by atoms with E-state index in [1.54, 1.807) is 10.9 Å². The molecule has 3 aromatic rings. The SMILES string of the molecule is Cn1ncc2cc(-c3ccc(C(F)(F)C(=O)O)cc3)ccc21. The van der Waals surface area contributed by atoms with Gasteiger partial charge in [0.25, 0.3) is 0 Å².